The molecule has 0 N–H and O–H groups in total. The van der Waals surface area contributed by atoms with Crippen LogP contribution in [-0.4, -0.2) is 14.5 Å². The summed E-state index contributed by atoms with van der Waals surface area (Å²) in [5, 5.41) is 1.21. The number of aromatic nitrogens is 3. The number of nitrogens with zero attached hydrogens (tertiary/aromatic N) is 3. The molecule has 0 fully saturated rings. The molecule has 5 aromatic carbocycles. The van der Waals surface area contributed by atoms with Crippen molar-refractivity contribution in [3.05, 3.63) is 115 Å². The van der Waals surface area contributed by atoms with Crippen LogP contribution in [0.1, 0.15) is 15.1 Å². The molecule has 0 saturated heterocycles. The van der Waals surface area contributed by atoms with Crippen LogP contribution in [0, 0.1) is 0 Å². The van der Waals surface area contributed by atoms with Crippen LogP contribution in [0.5, 0.6) is 0 Å². The Morgan fingerprint density at radius 2 is 1.24 bits per heavy atom. The molecule has 3 nitrogen and oxygen atoms in total. The topological polar surface area (TPSA) is 30.7 Å². The van der Waals surface area contributed by atoms with Crippen molar-refractivity contribution < 1.29 is 15.1 Å². The van der Waals surface area contributed by atoms with Gasteiger partial charge in [0.05, 0.1) is 37.3 Å². The van der Waals surface area contributed by atoms with Crippen molar-refractivity contribution in [3.63, 3.8) is 0 Å². The molecule has 0 unspecified atom stereocenters. The molecule has 154 valence electrons. The largest absolute Gasteiger partial charge is 0.278 e. The van der Waals surface area contributed by atoms with Gasteiger partial charge in [0.25, 0.3) is 0 Å². The normalized spacial score (nSPS) is 16.3. The smallest absolute Gasteiger partial charge is 0.235 e. The van der Waals surface area contributed by atoms with Crippen LogP contribution in [0.25, 0.3) is 60.7 Å². The van der Waals surface area contributed by atoms with Crippen LogP contribution in [0.15, 0.2) is 115 Å². The summed E-state index contributed by atoms with van der Waals surface area (Å²) in [4.78, 5) is 9.51. The maximum absolute atomic E-state index is 8.97. The van der Waals surface area contributed by atoms with E-state index in [1.54, 1.807) is 4.57 Å². The standard InChI is InChI=1S/C30H19N3/c1-2-11-21(12-3-1)28-25-19-18-20-10-4-5-13-22(20)29(25)32-30(31-28)33-26-16-8-6-14-23(26)24-15-7-9-17-27(24)33/h1-19H/i1D,2D,3D,4D,5D,10D,11D,12D,13D,18D,19D. The summed E-state index contributed by atoms with van der Waals surface area (Å²) in [7, 11) is 0. The fourth-order valence-electron chi connectivity index (χ4n) is 4.24. The Kier molecular flexibility index (Phi) is 2.21. The Labute approximate surface area is 206 Å². The first-order valence-corrected chi connectivity index (χ1v) is 10.2. The highest BCUT2D eigenvalue weighted by Crippen LogP contribution is 2.35. The lowest BCUT2D eigenvalue weighted by Crippen LogP contribution is -2.03. The molecule has 0 amide bonds. The van der Waals surface area contributed by atoms with Gasteiger partial charge in [0, 0.05) is 27.1 Å². The second-order valence-electron chi connectivity index (χ2n) is 7.47. The van der Waals surface area contributed by atoms with E-state index in [9.17, 15) is 0 Å². The summed E-state index contributed by atoms with van der Waals surface area (Å²) in [6, 6.07) is 8.78. The molecule has 2 heterocycles. The number of benzene rings is 5. The van der Waals surface area contributed by atoms with E-state index >= 15 is 0 Å². The summed E-state index contributed by atoms with van der Waals surface area (Å²) in [6.07, 6.45) is 0. The molecule has 2 aromatic heterocycles. The van der Waals surface area contributed by atoms with E-state index in [1.807, 2.05) is 48.5 Å². The highest BCUT2D eigenvalue weighted by atomic mass is 15.2. The first-order chi connectivity index (χ1) is 21.0. The minimum Gasteiger partial charge on any atom is -0.278 e. The average Bonchev–Trinajstić information content (AvgIpc) is 3.36. The van der Waals surface area contributed by atoms with E-state index in [2.05, 4.69) is 0 Å². The summed E-state index contributed by atoms with van der Waals surface area (Å²) < 4.78 is 95.5. The Morgan fingerprint density at radius 1 is 0.576 bits per heavy atom. The molecule has 0 atom stereocenters. The van der Waals surface area contributed by atoms with E-state index in [4.69, 9.17) is 25.0 Å². The highest BCUT2D eigenvalue weighted by molar-refractivity contribution is 6.11. The van der Waals surface area contributed by atoms with E-state index in [-0.39, 0.29) is 38.9 Å². The monoisotopic (exact) mass is 432 g/mol. The lowest BCUT2D eigenvalue weighted by Gasteiger charge is -2.13. The van der Waals surface area contributed by atoms with Gasteiger partial charge in [-0.05, 0) is 23.6 Å². The van der Waals surface area contributed by atoms with Gasteiger partial charge in [0.2, 0.25) is 5.95 Å². The van der Waals surface area contributed by atoms with Crippen molar-refractivity contribution in [2.24, 2.45) is 0 Å². The third kappa shape index (κ3) is 2.69. The van der Waals surface area contributed by atoms with E-state index in [0.717, 1.165) is 10.8 Å². The predicted molar refractivity (Wildman–Crippen MR) is 137 cm³/mol. The SMILES string of the molecule is [2H]c1c([2H])c([2H])c(-c2nc(-n3c4ccccc4c4ccccc43)nc3c2c([2H])c([2H])c2c([2H])c([2H])c([2H])c([2H])c23)c([2H])c1[2H]. The second-order valence-corrected chi connectivity index (χ2v) is 7.47. The van der Waals surface area contributed by atoms with E-state index in [1.165, 1.54) is 0 Å². The molecule has 0 aliphatic rings. The molecule has 0 bridgehead atoms. The fourth-order valence-corrected chi connectivity index (χ4v) is 4.24. The molecule has 0 radical (unpaired) electrons. The fraction of sp³-hybridized carbons (Fsp3) is 0. The van der Waals surface area contributed by atoms with E-state index in [0.29, 0.717) is 11.0 Å². The Balaban J connectivity index is 1.80. The van der Waals surface area contributed by atoms with Gasteiger partial charge in [-0.25, -0.2) is 9.97 Å². The van der Waals surface area contributed by atoms with Gasteiger partial charge in [-0.1, -0.05) is 96.8 Å². The van der Waals surface area contributed by atoms with E-state index < -0.39 is 66.5 Å². The van der Waals surface area contributed by atoms with Gasteiger partial charge >= 0.3 is 0 Å². The third-order valence-electron chi connectivity index (χ3n) is 5.65. The third-order valence-corrected chi connectivity index (χ3v) is 5.65. The van der Waals surface area contributed by atoms with Crippen molar-refractivity contribution >= 4 is 43.5 Å². The summed E-state index contributed by atoms with van der Waals surface area (Å²) in [6.45, 7) is 0. The minimum atomic E-state index is -0.619. The molecule has 33 heavy (non-hydrogen) atoms. The van der Waals surface area contributed by atoms with Gasteiger partial charge in [0.1, 0.15) is 0 Å². The van der Waals surface area contributed by atoms with Gasteiger partial charge in [-0.15, -0.1) is 0 Å². The second kappa shape index (κ2) is 7.01. The highest BCUT2D eigenvalue weighted by Gasteiger charge is 2.17. The molecule has 7 rings (SSSR count). The number of rotatable bonds is 2. The zero-order valence-corrected chi connectivity index (χ0v) is 17.0. The van der Waals surface area contributed by atoms with Gasteiger partial charge in [-0.2, -0.15) is 0 Å². The first-order valence-electron chi connectivity index (χ1n) is 15.7. The molecular formula is C30H19N3. The van der Waals surface area contributed by atoms with Gasteiger partial charge < -0.3 is 0 Å². The van der Waals surface area contributed by atoms with Crippen LogP contribution < -0.4 is 0 Å². The maximum atomic E-state index is 8.97. The Bertz CT molecular complexity index is 2340. The molecular weight excluding hydrogens is 402 g/mol. The van der Waals surface area contributed by atoms with Crippen molar-refractivity contribution in [2.75, 3.05) is 0 Å². The summed E-state index contributed by atoms with van der Waals surface area (Å²) in [5.41, 5.74) is 0.723. The van der Waals surface area contributed by atoms with Gasteiger partial charge in [-0.3, -0.25) is 4.57 Å². The van der Waals surface area contributed by atoms with Crippen molar-refractivity contribution in [1.29, 1.82) is 0 Å². The molecule has 0 aliphatic heterocycles. The quantitative estimate of drug-likeness (QED) is 0.264. The molecule has 0 spiro atoms. The number of hydrogen-bond acceptors (Lipinski definition) is 2. The lowest BCUT2D eigenvalue weighted by atomic mass is 10.0. The molecule has 0 aliphatic carbocycles. The molecule has 0 saturated carbocycles. The predicted octanol–water partition coefficient (Wildman–Crippen LogP) is 7.55. The number of para-hydroxylation sites is 2. The van der Waals surface area contributed by atoms with Crippen molar-refractivity contribution in [2.45, 2.75) is 0 Å². The van der Waals surface area contributed by atoms with Gasteiger partial charge in [0.15, 0.2) is 0 Å². The summed E-state index contributed by atoms with van der Waals surface area (Å²) in [5.74, 6) is -0.0115. The first kappa shape index (κ1) is 10.4. The Morgan fingerprint density at radius 3 is 2.00 bits per heavy atom. The Hall–Kier alpha value is -4.50. The van der Waals surface area contributed by atoms with Crippen LogP contribution in [-0.2, 0) is 0 Å². The zero-order valence-electron chi connectivity index (χ0n) is 28.0. The molecule has 7 aromatic rings. The number of hydrogen-bond donors (Lipinski definition) is 0. The van der Waals surface area contributed by atoms with Crippen molar-refractivity contribution in [1.82, 2.24) is 14.5 Å². The van der Waals surface area contributed by atoms with Crippen LogP contribution in [0.4, 0.5) is 0 Å². The molecule has 3 heteroatoms. The average molecular weight is 433 g/mol. The minimum absolute atomic E-state index is 0.0115. The zero-order chi connectivity index (χ0) is 31.4. The van der Waals surface area contributed by atoms with Crippen LogP contribution >= 0.6 is 0 Å². The maximum Gasteiger partial charge on any atom is 0.235 e. The van der Waals surface area contributed by atoms with Crippen LogP contribution in [0.2, 0.25) is 0 Å². The summed E-state index contributed by atoms with van der Waals surface area (Å²) >= 11 is 0. The number of fused-ring (bicyclic) bond motifs is 6. The lowest BCUT2D eigenvalue weighted by molar-refractivity contribution is 1.02. The van der Waals surface area contributed by atoms with Crippen molar-refractivity contribution in [3.8, 4) is 17.2 Å². The van der Waals surface area contributed by atoms with Crippen LogP contribution in [0.3, 0.4) is 0 Å².